The van der Waals surface area contributed by atoms with E-state index in [1.165, 1.54) is 0 Å². The summed E-state index contributed by atoms with van der Waals surface area (Å²) in [4.78, 5) is 16.5. The quantitative estimate of drug-likeness (QED) is 0.788. The van der Waals surface area contributed by atoms with Crippen molar-refractivity contribution < 1.29 is 4.79 Å². The molecule has 0 radical (unpaired) electrons. The number of hydrogen-bond acceptors (Lipinski definition) is 5. The Morgan fingerprint density at radius 2 is 1.95 bits per heavy atom. The van der Waals surface area contributed by atoms with Crippen LogP contribution in [0.15, 0.2) is 12.1 Å². The van der Waals surface area contributed by atoms with Crippen LogP contribution in [-0.2, 0) is 0 Å². The van der Waals surface area contributed by atoms with Gasteiger partial charge in [0.25, 0.3) is 5.91 Å². The molecule has 1 N–H and O–H groups in total. The Kier molecular flexibility index (Phi) is 7.08. The molecular weight excluding hydrogens is 266 g/mol. The van der Waals surface area contributed by atoms with Crippen molar-refractivity contribution in [2.24, 2.45) is 5.92 Å². The second-order valence-electron chi connectivity index (χ2n) is 5.78. The van der Waals surface area contributed by atoms with Crippen molar-refractivity contribution in [1.82, 2.24) is 20.0 Å². The van der Waals surface area contributed by atoms with Gasteiger partial charge in [0.15, 0.2) is 5.69 Å². The molecule has 0 spiro atoms. The lowest BCUT2D eigenvalue weighted by Crippen LogP contribution is -2.39. The summed E-state index contributed by atoms with van der Waals surface area (Å²) in [5, 5.41) is 11.1. The molecule has 1 aromatic rings. The van der Waals surface area contributed by atoms with Crippen LogP contribution in [0.25, 0.3) is 0 Å². The largest absolute Gasteiger partial charge is 0.369 e. The van der Waals surface area contributed by atoms with Crippen LogP contribution in [0.4, 0.5) is 5.82 Å². The molecule has 0 saturated heterocycles. The van der Waals surface area contributed by atoms with Crippen molar-refractivity contribution in [2.45, 2.75) is 20.8 Å². The van der Waals surface area contributed by atoms with Gasteiger partial charge in [-0.2, -0.15) is 0 Å². The molecule has 0 aliphatic heterocycles. The molecule has 1 aromatic heterocycles. The third kappa shape index (κ3) is 6.08. The summed E-state index contributed by atoms with van der Waals surface area (Å²) < 4.78 is 0. The van der Waals surface area contributed by atoms with Gasteiger partial charge < -0.3 is 15.1 Å². The number of hydrogen-bond donors (Lipinski definition) is 1. The van der Waals surface area contributed by atoms with Gasteiger partial charge in [-0.15, -0.1) is 10.2 Å². The van der Waals surface area contributed by atoms with Crippen LogP contribution >= 0.6 is 0 Å². The minimum absolute atomic E-state index is 0.0545. The summed E-state index contributed by atoms with van der Waals surface area (Å²) in [6.07, 6.45) is 0. The van der Waals surface area contributed by atoms with Crippen LogP contribution in [0.5, 0.6) is 0 Å². The highest BCUT2D eigenvalue weighted by atomic mass is 16.2. The zero-order valence-electron chi connectivity index (χ0n) is 13.8. The molecule has 0 unspecified atom stereocenters. The normalized spacial score (nSPS) is 11.0. The summed E-state index contributed by atoms with van der Waals surface area (Å²) in [6, 6.07) is 3.53. The zero-order valence-corrected chi connectivity index (χ0v) is 13.8. The second kappa shape index (κ2) is 8.56. The Bertz CT molecular complexity index is 430. The molecule has 0 fully saturated rings. The number of anilines is 1. The Balaban J connectivity index is 2.77. The van der Waals surface area contributed by atoms with E-state index in [9.17, 15) is 4.79 Å². The highest BCUT2D eigenvalue weighted by molar-refractivity contribution is 5.92. The molecule has 6 nitrogen and oxygen atoms in total. The van der Waals surface area contributed by atoms with Gasteiger partial charge in [0.2, 0.25) is 0 Å². The second-order valence-corrected chi connectivity index (χ2v) is 5.78. The van der Waals surface area contributed by atoms with Crippen LogP contribution < -0.4 is 5.32 Å². The van der Waals surface area contributed by atoms with E-state index in [2.05, 4.69) is 34.3 Å². The fourth-order valence-corrected chi connectivity index (χ4v) is 1.92. The van der Waals surface area contributed by atoms with Gasteiger partial charge in [0.05, 0.1) is 0 Å². The first kappa shape index (κ1) is 17.4. The predicted molar refractivity (Wildman–Crippen MR) is 85.5 cm³/mol. The number of nitrogens with zero attached hydrogens (tertiary/aromatic N) is 4. The molecule has 21 heavy (non-hydrogen) atoms. The van der Waals surface area contributed by atoms with Crippen LogP contribution in [-0.4, -0.2) is 66.2 Å². The fraction of sp³-hybridized carbons (Fsp3) is 0.667. The summed E-state index contributed by atoms with van der Waals surface area (Å²) in [5.74, 6) is 1.06. The molecule has 0 aliphatic rings. The van der Waals surface area contributed by atoms with E-state index in [1.807, 2.05) is 25.9 Å². The molecule has 0 atom stereocenters. The van der Waals surface area contributed by atoms with Crippen molar-refractivity contribution in [2.75, 3.05) is 45.6 Å². The van der Waals surface area contributed by atoms with Crippen LogP contribution in [0, 0.1) is 5.92 Å². The number of carbonyl (C=O) groups excluding carboxylic acids is 1. The Labute approximate surface area is 127 Å². The SMILES string of the molecule is CCNc1ccc(C(=O)N(CCN(C)C)CC(C)C)nn1. The molecule has 1 amide bonds. The summed E-state index contributed by atoms with van der Waals surface area (Å²) in [6.45, 7) is 9.24. The minimum atomic E-state index is -0.0545. The number of aromatic nitrogens is 2. The van der Waals surface area contributed by atoms with Gasteiger partial charge in [-0.25, -0.2) is 0 Å². The Morgan fingerprint density at radius 1 is 1.24 bits per heavy atom. The molecule has 1 rings (SSSR count). The van der Waals surface area contributed by atoms with Crippen molar-refractivity contribution in [1.29, 1.82) is 0 Å². The lowest BCUT2D eigenvalue weighted by atomic mass is 10.2. The first-order valence-electron chi connectivity index (χ1n) is 7.45. The summed E-state index contributed by atoms with van der Waals surface area (Å²) in [7, 11) is 4.01. The average Bonchev–Trinajstić information content (AvgIpc) is 2.43. The maximum Gasteiger partial charge on any atom is 0.274 e. The lowest BCUT2D eigenvalue weighted by molar-refractivity contribution is 0.0717. The first-order valence-corrected chi connectivity index (χ1v) is 7.45. The van der Waals surface area contributed by atoms with Crippen LogP contribution in [0.2, 0.25) is 0 Å². The summed E-state index contributed by atoms with van der Waals surface area (Å²) in [5.41, 5.74) is 0.399. The molecule has 0 saturated carbocycles. The van der Waals surface area contributed by atoms with E-state index < -0.39 is 0 Å². The highest BCUT2D eigenvalue weighted by Gasteiger charge is 2.18. The van der Waals surface area contributed by atoms with E-state index in [0.717, 1.165) is 19.6 Å². The molecule has 1 heterocycles. The van der Waals surface area contributed by atoms with E-state index in [-0.39, 0.29) is 5.91 Å². The van der Waals surface area contributed by atoms with Crippen molar-refractivity contribution in [3.63, 3.8) is 0 Å². The molecule has 0 bridgehead atoms. The van der Waals surface area contributed by atoms with Gasteiger partial charge in [-0.1, -0.05) is 13.8 Å². The molecule has 0 aromatic carbocycles. The highest BCUT2D eigenvalue weighted by Crippen LogP contribution is 2.07. The lowest BCUT2D eigenvalue weighted by Gasteiger charge is -2.25. The van der Waals surface area contributed by atoms with E-state index >= 15 is 0 Å². The standard InChI is InChI=1S/C15H27N5O/c1-6-16-14-8-7-13(17-18-14)15(21)20(11-12(2)3)10-9-19(4)5/h7-8,12H,6,9-11H2,1-5H3,(H,16,18). The van der Waals surface area contributed by atoms with Gasteiger partial charge in [-0.3, -0.25) is 4.79 Å². The van der Waals surface area contributed by atoms with Crippen molar-refractivity contribution >= 4 is 11.7 Å². The number of likely N-dealkylation sites (N-methyl/N-ethyl adjacent to an activating group) is 1. The third-order valence-electron chi connectivity index (χ3n) is 2.93. The number of nitrogens with one attached hydrogen (secondary N) is 1. The van der Waals surface area contributed by atoms with Crippen LogP contribution in [0.3, 0.4) is 0 Å². The van der Waals surface area contributed by atoms with E-state index in [4.69, 9.17) is 0 Å². The molecule has 118 valence electrons. The van der Waals surface area contributed by atoms with Gasteiger partial charge in [-0.05, 0) is 39.1 Å². The monoisotopic (exact) mass is 293 g/mol. The molecule has 6 heteroatoms. The third-order valence-corrected chi connectivity index (χ3v) is 2.93. The molecule has 0 aliphatic carbocycles. The maximum absolute atomic E-state index is 12.5. The first-order chi connectivity index (χ1) is 9.93. The number of carbonyl (C=O) groups is 1. The summed E-state index contributed by atoms with van der Waals surface area (Å²) >= 11 is 0. The molecular formula is C15H27N5O. The van der Waals surface area contributed by atoms with Gasteiger partial charge in [0.1, 0.15) is 5.82 Å². The number of rotatable bonds is 8. The Hall–Kier alpha value is -1.69. The minimum Gasteiger partial charge on any atom is -0.369 e. The van der Waals surface area contributed by atoms with Crippen LogP contribution in [0.1, 0.15) is 31.3 Å². The van der Waals surface area contributed by atoms with E-state index in [1.54, 1.807) is 12.1 Å². The van der Waals surface area contributed by atoms with Crippen molar-refractivity contribution in [3.8, 4) is 0 Å². The number of amides is 1. The van der Waals surface area contributed by atoms with E-state index in [0.29, 0.717) is 24.0 Å². The topological polar surface area (TPSA) is 61.4 Å². The maximum atomic E-state index is 12.5. The van der Waals surface area contributed by atoms with Crippen molar-refractivity contribution in [3.05, 3.63) is 17.8 Å². The zero-order chi connectivity index (χ0) is 15.8. The predicted octanol–water partition coefficient (Wildman–Crippen LogP) is 1.57. The van der Waals surface area contributed by atoms with Gasteiger partial charge in [0, 0.05) is 26.2 Å². The fourth-order valence-electron chi connectivity index (χ4n) is 1.92. The average molecular weight is 293 g/mol. The van der Waals surface area contributed by atoms with Gasteiger partial charge >= 0.3 is 0 Å². The Morgan fingerprint density at radius 3 is 2.43 bits per heavy atom. The smallest absolute Gasteiger partial charge is 0.274 e.